The highest BCUT2D eigenvalue weighted by atomic mass is 32.2. The van der Waals surface area contributed by atoms with E-state index in [0.717, 1.165) is 5.56 Å². The minimum atomic E-state index is -3.02. The van der Waals surface area contributed by atoms with E-state index in [2.05, 4.69) is 20.9 Å². The van der Waals surface area contributed by atoms with Gasteiger partial charge in [-0.2, -0.15) is 0 Å². The number of amides is 1. The molecule has 1 amide bonds. The van der Waals surface area contributed by atoms with Gasteiger partial charge in [-0.25, -0.2) is 12.8 Å². The number of sulfone groups is 1. The molecule has 1 aromatic rings. The molecule has 0 aromatic heterocycles. The molecule has 0 radical (unpaired) electrons. The fourth-order valence-electron chi connectivity index (χ4n) is 2.96. The molecule has 0 spiro atoms. The van der Waals surface area contributed by atoms with Gasteiger partial charge in [-0.05, 0) is 44.4 Å². The molecule has 1 aromatic carbocycles. The fourth-order valence-corrected chi connectivity index (χ4v) is 4.64. The van der Waals surface area contributed by atoms with Crippen LogP contribution in [0.4, 0.5) is 4.39 Å². The molecule has 0 saturated carbocycles. The van der Waals surface area contributed by atoms with Gasteiger partial charge in [0, 0.05) is 19.0 Å². The van der Waals surface area contributed by atoms with Crippen molar-refractivity contribution in [1.82, 2.24) is 16.0 Å². The van der Waals surface area contributed by atoms with Crippen LogP contribution in [0.3, 0.4) is 0 Å². The van der Waals surface area contributed by atoms with Gasteiger partial charge in [0.2, 0.25) is 5.91 Å². The highest BCUT2D eigenvalue weighted by Crippen LogP contribution is 2.16. The first-order valence-electron chi connectivity index (χ1n) is 9.51. The van der Waals surface area contributed by atoms with Crippen molar-refractivity contribution in [2.45, 2.75) is 45.7 Å². The van der Waals surface area contributed by atoms with E-state index in [0.29, 0.717) is 24.5 Å². The monoisotopic (exact) mass is 412 g/mol. The van der Waals surface area contributed by atoms with Crippen LogP contribution in [0.25, 0.3) is 0 Å². The molecular weight excluding hydrogens is 383 g/mol. The fraction of sp³-hybridized carbons (Fsp3) is 0.579. The van der Waals surface area contributed by atoms with Gasteiger partial charge in [-0.15, -0.1) is 0 Å². The van der Waals surface area contributed by atoms with Crippen molar-refractivity contribution in [2.24, 2.45) is 4.99 Å². The number of benzene rings is 1. The number of nitrogens with zero attached hydrogens (tertiary/aromatic N) is 1. The van der Waals surface area contributed by atoms with Crippen LogP contribution >= 0.6 is 0 Å². The number of guanidine groups is 1. The molecule has 0 aliphatic carbocycles. The Balaban J connectivity index is 1.87. The molecule has 2 rings (SSSR count). The average Bonchev–Trinajstić information content (AvgIpc) is 2.95. The number of hydrogen-bond acceptors (Lipinski definition) is 4. The summed E-state index contributed by atoms with van der Waals surface area (Å²) in [6.45, 7) is 6.46. The molecule has 1 aliphatic heterocycles. The molecule has 1 aliphatic rings. The predicted molar refractivity (Wildman–Crippen MR) is 108 cm³/mol. The maximum Gasteiger partial charge on any atom is 0.222 e. The van der Waals surface area contributed by atoms with Crippen LogP contribution < -0.4 is 16.0 Å². The third-order valence-corrected chi connectivity index (χ3v) is 6.37. The highest BCUT2D eigenvalue weighted by Gasteiger charge is 2.28. The van der Waals surface area contributed by atoms with Crippen molar-refractivity contribution in [3.05, 3.63) is 35.1 Å². The Bertz CT molecular complexity index is 826. The van der Waals surface area contributed by atoms with Crippen molar-refractivity contribution in [3.63, 3.8) is 0 Å². The number of rotatable bonds is 7. The van der Waals surface area contributed by atoms with Gasteiger partial charge in [0.15, 0.2) is 15.8 Å². The van der Waals surface area contributed by atoms with Gasteiger partial charge in [0.1, 0.15) is 5.82 Å². The second kappa shape index (κ2) is 9.86. The van der Waals surface area contributed by atoms with Gasteiger partial charge >= 0.3 is 0 Å². The summed E-state index contributed by atoms with van der Waals surface area (Å²) in [5.74, 6) is 0.208. The first-order valence-corrected chi connectivity index (χ1v) is 11.3. The Labute approximate surface area is 166 Å². The molecule has 9 heteroatoms. The molecule has 2 atom stereocenters. The number of aliphatic imine (C=N–C) groups is 1. The lowest BCUT2D eigenvalue weighted by Gasteiger charge is -2.18. The summed E-state index contributed by atoms with van der Waals surface area (Å²) in [4.78, 5) is 16.4. The smallest absolute Gasteiger partial charge is 0.222 e. The van der Waals surface area contributed by atoms with Gasteiger partial charge in [-0.3, -0.25) is 9.79 Å². The van der Waals surface area contributed by atoms with Crippen LogP contribution in [-0.2, 0) is 14.6 Å². The van der Waals surface area contributed by atoms with Crippen LogP contribution in [0.15, 0.2) is 23.2 Å². The standard InChI is InChI=1S/C19H29FN4O3S/c1-4-21-19(23-14(3)15-6-5-13(2)17(20)11-15)22-9-7-18(25)24-16-8-10-28(26,27)12-16/h5-6,11,14,16H,4,7-10,12H2,1-3H3,(H,24,25)(H2,21,22,23). The minimum Gasteiger partial charge on any atom is -0.357 e. The maximum absolute atomic E-state index is 13.8. The van der Waals surface area contributed by atoms with Gasteiger partial charge in [-0.1, -0.05) is 12.1 Å². The number of hydrogen-bond donors (Lipinski definition) is 3. The van der Waals surface area contributed by atoms with Crippen molar-refractivity contribution in [1.29, 1.82) is 0 Å². The number of nitrogens with one attached hydrogen (secondary N) is 3. The highest BCUT2D eigenvalue weighted by molar-refractivity contribution is 7.91. The van der Waals surface area contributed by atoms with E-state index >= 15 is 0 Å². The molecular formula is C19H29FN4O3S. The van der Waals surface area contributed by atoms with Crippen molar-refractivity contribution < 1.29 is 17.6 Å². The molecule has 1 fully saturated rings. The van der Waals surface area contributed by atoms with Crippen molar-refractivity contribution in [2.75, 3.05) is 24.6 Å². The van der Waals surface area contributed by atoms with Gasteiger partial charge in [0.05, 0.1) is 24.1 Å². The topological polar surface area (TPSA) is 99.7 Å². The third kappa shape index (κ3) is 6.78. The van der Waals surface area contributed by atoms with E-state index in [-0.39, 0.29) is 48.3 Å². The zero-order valence-corrected chi connectivity index (χ0v) is 17.4. The molecule has 0 bridgehead atoms. The number of aryl methyl sites for hydroxylation is 1. The molecule has 7 nitrogen and oxygen atoms in total. The molecule has 2 unspecified atom stereocenters. The van der Waals surface area contributed by atoms with Crippen molar-refractivity contribution >= 4 is 21.7 Å². The second-order valence-corrected chi connectivity index (χ2v) is 9.28. The number of carbonyl (C=O) groups excluding carboxylic acids is 1. The summed E-state index contributed by atoms with van der Waals surface area (Å²) in [7, 11) is -3.02. The summed E-state index contributed by atoms with van der Waals surface area (Å²) < 4.78 is 36.7. The number of halogens is 1. The molecule has 28 heavy (non-hydrogen) atoms. The zero-order valence-electron chi connectivity index (χ0n) is 16.6. The van der Waals surface area contributed by atoms with Crippen LogP contribution in [0.2, 0.25) is 0 Å². The van der Waals surface area contributed by atoms with E-state index < -0.39 is 9.84 Å². The third-order valence-electron chi connectivity index (χ3n) is 4.60. The molecule has 3 N–H and O–H groups in total. The Kier molecular flexibility index (Phi) is 7.79. The van der Waals surface area contributed by atoms with E-state index in [9.17, 15) is 17.6 Å². The largest absolute Gasteiger partial charge is 0.357 e. The van der Waals surface area contributed by atoms with Crippen LogP contribution in [-0.4, -0.2) is 50.9 Å². The summed E-state index contributed by atoms with van der Waals surface area (Å²) in [6, 6.07) is 4.64. The lowest BCUT2D eigenvalue weighted by Crippen LogP contribution is -2.39. The summed E-state index contributed by atoms with van der Waals surface area (Å²) in [5.41, 5.74) is 1.39. The Morgan fingerprint density at radius 2 is 2.14 bits per heavy atom. The van der Waals surface area contributed by atoms with Crippen LogP contribution in [0.5, 0.6) is 0 Å². The molecule has 1 saturated heterocycles. The van der Waals surface area contributed by atoms with Gasteiger partial charge in [0.25, 0.3) is 0 Å². The first kappa shape index (κ1) is 22.1. The lowest BCUT2D eigenvalue weighted by molar-refractivity contribution is -0.121. The predicted octanol–water partition coefficient (Wildman–Crippen LogP) is 1.44. The SMILES string of the molecule is CCNC(=NCCC(=O)NC1CCS(=O)(=O)C1)NC(C)c1ccc(C)c(F)c1. The Morgan fingerprint density at radius 3 is 2.75 bits per heavy atom. The van der Waals surface area contributed by atoms with Crippen LogP contribution in [0, 0.1) is 12.7 Å². The Morgan fingerprint density at radius 1 is 1.39 bits per heavy atom. The summed E-state index contributed by atoms with van der Waals surface area (Å²) in [5, 5.41) is 9.05. The van der Waals surface area contributed by atoms with E-state index in [4.69, 9.17) is 0 Å². The van der Waals surface area contributed by atoms with Crippen molar-refractivity contribution in [3.8, 4) is 0 Å². The number of carbonyl (C=O) groups is 1. The molecule has 1 heterocycles. The first-order chi connectivity index (χ1) is 13.2. The van der Waals surface area contributed by atoms with E-state index in [1.165, 1.54) is 6.07 Å². The Hall–Kier alpha value is -2.16. The zero-order chi connectivity index (χ0) is 20.7. The maximum atomic E-state index is 13.8. The minimum absolute atomic E-state index is 0.0107. The lowest BCUT2D eigenvalue weighted by atomic mass is 10.1. The van der Waals surface area contributed by atoms with E-state index in [1.807, 2.05) is 19.9 Å². The average molecular weight is 413 g/mol. The summed E-state index contributed by atoms with van der Waals surface area (Å²) >= 11 is 0. The van der Waals surface area contributed by atoms with E-state index in [1.54, 1.807) is 13.0 Å². The summed E-state index contributed by atoms with van der Waals surface area (Å²) in [6.07, 6.45) is 0.632. The van der Waals surface area contributed by atoms with Crippen LogP contribution in [0.1, 0.15) is 43.9 Å². The quantitative estimate of drug-likeness (QED) is 0.465. The second-order valence-electron chi connectivity index (χ2n) is 7.05. The molecule has 156 valence electrons. The van der Waals surface area contributed by atoms with Gasteiger partial charge < -0.3 is 16.0 Å². The normalized spacial score (nSPS) is 19.9.